The van der Waals surface area contributed by atoms with Crippen LogP contribution in [0.15, 0.2) is 30.3 Å². The van der Waals surface area contributed by atoms with Crippen molar-refractivity contribution in [2.75, 3.05) is 0 Å². The van der Waals surface area contributed by atoms with E-state index < -0.39 is 0 Å². The summed E-state index contributed by atoms with van der Waals surface area (Å²) in [5, 5.41) is 23.7. The first-order valence-corrected chi connectivity index (χ1v) is 6.19. The lowest BCUT2D eigenvalue weighted by Gasteiger charge is -2.31. The van der Waals surface area contributed by atoms with Crippen molar-refractivity contribution in [1.82, 2.24) is 20.7 Å². The van der Waals surface area contributed by atoms with Gasteiger partial charge in [0.2, 0.25) is 0 Å². The van der Waals surface area contributed by atoms with E-state index in [-0.39, 0.29) is 6.10 Å². The normalized spacial score (nSPS) is 22.7. The van der Waals surface area contributed by atoms with Crippen LogP contribution in [0, 0.1) is 0 Å². The molecule has 3 rings (SSSR count). The Balaban J connectivity index is 1.68. The highest BCUT2D eigenvalue weighted by Gasteiger charge is 2.26. The number of nitrogens with zero attached hydrogens (tertiary/aromatic N) is 2. The standard InChI is InChI=1S/C13H16N4O/c18-11-6-10(7-11)14-8-12-13(16-17-15-12)9-4-2-1-3-5-9/h1-5,10-11,14,18H,6-8H2,(H,15,16,17). The molecule has 5 nitrogen and oxygen atoms in total. The fourth-order valence-electron chi connectivity index (χ4n) is 2.20. The molecule has 1 aliphatic rings. The van der Waals surface area contributed by atoms with Crippen molar-refractivity contribution in [2.45, 2.75) is 31.5 Å². The maximum absolute atomic E-state index is 9.23. The summed E-state index contributed by atoms with van der Waals surface area (Å²) in [5.74, 6) is 0. The van der Waals surface area contributed by atoms with Gasteiger partial charge < -0.3 is 10.4 Å². The Hall–Kier alpha value is -1.72. The topological polar surface area (TPSA) is 73.8 Å². The number of H-pyrrole nitrogens is 1. The van der Waals surface area contributed by atoms with Gasteiger partial charge in [-0.2, -0.15) is 15.4 Å². The maximum atomic E-state index is 9.23. The number of rotatable bonds is 4. The quantitative estimate of drug-likeness (QED) is 0.752. The van der Waals surface area contributed by atoms with E-state index in [0.29, 0.717) is 12.6 Å². The molecule has 0 unspecified atom stereocenters. The molecule has 1 saturated carbocycles. The van der Waals surface area contributed by atoms with Gasteiger partial charge in [0, 0.05) is 18.2 Å². The Kier molecular flexibility index (Phi) is 3.08. The maximum Gasteiger partial charge on any atom is 0.117 e. The number of aromatic nitrogens is 3. The van der Waals surface area contributed by atoms with Gasteiger partial charge in [-0.3, -0.25) is 0 Å². The fourth-order valence-corrected chi connectivity index (χ4v) is 2.20. The van der Waals surface area contributed by atoms with Crippen molar-refractivity contribution < 1.29 is 5.11 Å². The van der Waals surface area contributed by atoms with Gasteiger partial charge in [0.25, 0.3) is 0 Å². The van der Waals surface area contributed by atoms with Crippen molar-refractivity contribution in [1.29, 1.82) is 0 Å². The highest BCUT2D eigenvalue weighted by Crippen LogP contribution is 2.22. The molecular weight excluding hydrogens is 228 g/mol. The van der Waals surface area contributed by atoms with Crippen LogP contribution in [-0.2, 0) is 6.54 Å². The van der Waals surface area contributed by atoms with E-state index in [2.05, 4.69) is 20.7 Å². The molecule has 5 heteroatoms. The molecule has 0 atom stereocenters. The molecule has 0 aliphatic heterocycles. The van der Waals surface area contributed by atoms with E-state index >= 15 is 0 Å². The summed E-state index contributed by atoms with van der Waals surface area (Å²) in [5.41, 5.74) is 2.88. The van der Waals surface area contributed by atoms with Crippen LogP contribution in [0.1, 0.15) is 18.5 Å². The minimum absolute atomic E-state index is 0.131. The molecule has 2 aromatic rings. The first-order valence-electron chi connectivity index (χ1n) is 6.19. The van der Waals surface area contributed by atoms with Crippen molar-refractivity contribution in [2.24, 2.45) is 0 Å². The highest BCUT2D eigenvalue weighted by molar-refractivity contribution is 5.60. The Bertz CT molecular complexity index is 505. The average molecular weight is 244 g/mol. The van der Waals surface area contributed by atoms with Crippen LogP contribution in [-0.4, -0.2) is 32.7 Å². The summed E-state index contributed by atoms with van der Waals surface area (Å²) in [7, 11) is 0. The molecule has 1 aromatic heterocycles. The predicted octanol–water partition coefficient (Wildman–Crippen LogP) is 1.08. The number of nitrogens with one attached hydrogen (secondary N) is 2. The largest absolute Gasteiger partial charge is 0.393 e. The van der Waals surface area contributed by atoms with E-state index in [9.17, 15) is 5.11 Å². The third-order valence-corrected chi connectivity index (χ3v) is 3.34. The minimum Gasteiger partial charge on any atom is -0.393 e. The molecule has 1 aromatic carbocycles. The molecule has 1 fully saturated rings. The van der Waals surface area contributed by atoms with E-state index in [1.165, 1.54) is 0 Å². The Morgan fingerprint density at radius 2 is 2.00 bits per heavy atom. The number of aliphatic hydroxyl groups excluding tert-OH is 1. The molecule has 94 valence electrons. The summed E-state index contributed by atoms with van der Waals surface area (Å²) in [4.78, 5) is 0. The minimum atomic E-state index is -0.131. The average Bonchev–Trinajstić information content (AvgIpc) is 2.82. The van der Waals surface area contributed by atoms with Gasteiger partial charge >= 0.3 is 0 Å². The van der Waals surface area contributed by atoms with Crippen LogP contribution < -0.4 is 5.32 Å². The summed E-state index contributed by atoms with van der Waals surface area (Å²) in [6, 6.07) is 10.4. The van der Waals surface area contributed by atoms with E-state index in [4.69, 9.17) is 0 Å². The van der Waals surface area contributed by atoms with Crippen molar-refractivity contribution in [3.05, 3.63) is 36.0 Å². The number of hydrogen-bond acceptors (Lipinski definition) is 4. The van der Waals surface area contributed by atoms with Gasteiger partial charge in [-0.15, -0.1) is 0 Å². The van der Waals surface area contributed by atoms with Crippen LogP contribution in [0.25, 0.3) is 11.3 Å². The fraction of sp³-hybridized carbons (Fsp3) is 0.385. The zero-order chi connectivity index (χ0) is 12.4. The molecule has 0 saturated heterocycles. The third kappa shape index (κ3) is 2.27. The molecule has 3 N–H and O–H groups in total. The van der Waals surface area contributed by atoms with Gasteiger partial charge in [0.05, 0.1) is 6.10 Å². The first kappa shape index (κ1) is 11.4. The zero-order valence-corrected chi connectivity index (χ0v) is 10.0. The Morgan fingerprint density at radius 3 is 2.72 bits per heavy atom. The van der Waals surface area contributed by atoms with E-state index in [1.807, 2.05) is 30.3 Å². The van der Waals surface area contributed by atoms with Gasteiger partial charge in [0.1, 0.15) is 11.4 Å². The van der Waals surface area contributed by atoms with Crippen LogP contribution in [0.3, 0.4) is 0 Å². The Morgan fingerprint density at radius 1 is 1.22 bits per heavy atom. The molecule has 18 heavy (non-hydrogen) atoms. The van der Waals surface area contributed by atoms with Crippen LogP contribution >= 0.6 is 0 Å². The lowest BCUT2D eigenvalue weighted by molar-refractivity contribution is 0.0618. The van der Waals surface area contributed by atoms with Crippen molar-refractivity contribution in [3.8, 4) is 11.3 Å². The summed E-state index contributed by atoms with van der Waals surface area (Å²) < 4.78 is 0. The highest BCUT2D eigenvalue weighted by atomic mass is 16.3. The van der Waals surface area contributed by atoms with Gasteiger partial charge in [-0.1, -0.05) is 30.3 Å². The van der Waals surface area contributed by atoms with Crippen molar-refractivity contribution in [3.63, 3.8) is 0 Å². The smallest absolute Gasteiger partial charge is 0.117 e. The summed E-state index contributed by atoms with van der Waals surface area (Å²) >= 11 is 0. The lowest BCUT2D eigenvalue weighted by atomic mass is 9.89. The monoisotopic (exact) mass is 244 g/mol. The number of hydrogen-bond donors (Lipinski definition) is 3. The first-order chi connectivity index (χ1) is 8.83. The molecule has 1 aliphatic carbocycles. The number of aliphatic hydroxyl groups is 1. The molecular formula is C13H16N4O. The van der Waals surface area contributed by atoms with Gasteiger partial charge in [-0.25, -0.2) is 0 Å². The Labute approximate surface area is 105 Å². The predicted molar refractivity (Wildman–Crippen MR) is 67.7 cm³/mol. The van der Waals surface area contributed by atoms with Crippen LogP contribution in [0.4, 0.5) is 0 Å². The van der Waals surface area contributed by atoms with Crippen LogP contribution in [0.5, 0.6) is 0 Å². The number of aromatic amines is 1. The van der Waals surface area contributed by atoms with Crippen LogP contribution in [0.2, 0.25) is 0 Å². The van der Waals surface area contributed by atoms with Crippen molar-refractivity contribution >= 4 is 0 Å². The summed E-state index contributed by atoms with van der Waals surface area (Å²) in [6.07, 6.45) is 1.53. The molecule has 0 bridgehead atoms. The molecule has 0 radical (unpaired) electrons. The second-order valence-electron chi connectivity index (χ2n) is 4.69. The van der Waals surface area contributed by atoms with E-state index in [1.54, 1.807) is 0 Å². The second-order valence-corrected chi connectivity index (χ2v) is 4.69. The molecule has 0 amide bonds. The summed E-state index contributed by atoms with van der Waals surface area (Å²) in [6.45, 7) is 0.679. The van der Waals surface area contributed by atoms with E-state index in [0.717, 1.165) is 29.8 Å². The third-order valence-electron chi connectivity index (χ3n) is 3.34. The SMILES string of the molecule is OC1CC(NCc2n[nH]nc2-c2ccccc2)C1. The second kappa shape index (κ2) is 4.88. The van der Waals surface area contributed by atoms with Gasteiger partial charge in [-0.05, 0) is 12.8 Å². The molecule has 1 heterocycles. The lowest BCUT2D eigenvalue weighted by Crippen LogP contribution is -2.43. The molecule has 0 spiro atoms. The zero-order valence-electron chi connectivity index (χ0n) is 10.0. The number of benzene rings is 1. The van der Waals surface area contributed by atoms with Gasteiger partial charge in [0.15, 0.2) is 0 Å².